The summed E-state index contributed by atoms with van der Waals surface area (Å²) in [6.07, 6.45) is 14.8. The molecule has 222 valence electrons. The van der Waals surface area contributed by atoms with Crippen LogP contribution in [0, 0.1) is 0 Å². The third-order valence-electron chi connectivity index (χ3n) is 6.81. The second-order valence-electron chi connectivity index (χ2n) is 10.3. The first kappa shape index (κ1) is 33.6. The molecule has 5 nitrogen and oxygen atoms in total. The predicted molar refractivity (Wildman–Crippen MR) is 167 cm³/mol. The van der Waals surface area contributed by atoms with E-state index < -0.39 is 11.9 Å². The summed E-state index contributed by atoms with van der Waals surface area (Å²) in [5.74, 6) is 0.135. The second-order valence-corrected chi connectivity index (χ2v) is 10.3. The van der Waals surface area contributed by atoms with E-state index in [1.165, 1.54) is 57.4 Å². The smallest absolute Gasteiger partial charge is 0.339 e. The van der Waals surface area contributed by atoms with E-state index in [2.05, 4.69) is 13.8 Å². The Morgan fingerprint density at radius 1 is 0.610 bits per heavy atom. The molecule has 1 N–H and O–H groups in total. The van der Waals surface area contributed by atoms with E-state index in [9.17, 15) is 14.7 Å². The zero-order valence-electron chi connectivity index (χ0n) is 25.0. The summed E-state index contributed by atoms with van der Waals surface area (Å²) in [6, 6.07) is 24.6. The van der Waals surface area contributed by atoms with Crippen molar-refractivity contribution in [3.63, 3.8) is 0 Å². The third kappa shape index (κ3) is 14.6. The average molecular weight is 561 g/mol. The normalized spacial score (nSPS) is 10.4. The molecule has 0 aliphatic rings. The molecule has 0 saturated carbocycles. The van der Waals surface area contributed by atoms with Gasteiger partial charge in [-0.2, -0.15) is 0 Å². The van der Waals surface area contributed by atoms with Crippen LogP contribution in [0.25, 0.3) is 0 Å². The number of unbranched alkanes of at least 4 members (excludes halogenated alkanes) is 10. The lowest BCUT2D eigenvalue weighted by Crippen LogP contribution is -2.13. The van der Waals surface area contributed by atoms with Gasteiger partial charge in [0.2, 0.25) is 0 Å². The molecule has 0 unspecified atom stereocenters. The van der Waals surface area contributed by atoms with Gasteiger partial charge < -0.3 is 14.6 Å². The molecule has 0 spiro atoms. The number of carbonyl (C=O) groups is 2. The van der Waals surface area contributed by atoms with Crippen LogP contribution in [0.2, 0.25) is 0 Å². The summed E-state index contributed by atoms with van der Waals surface area (Å²) >= 11 is 0. The maximum atomic E-state index is 12.4. The standard InChI is InChI=1S/C24H38O4.C12H10O/c1-3-5-7-9-11-13-15-20-16-17-21(23(25)26)22(19-20)24(27)28-18-14-12-10-8-6-4-2;1-3-7-11(8-4-1)13-12-9-5-2-6-10-12/h16-17,19H,3-15,18H2,1-2H3,(H,25,26);1-10H. The van der Waals surface area contributed by atoms with Crippen LogP contribution in [0.15, 0.2) is 78.9 Å². The molecular weight excluding hydrogens is 512 g/mol. The molecule has 0 bridgehead atoms. The highest BCUT2D eigenvalue weighted by molar-refractivity contribution is 6.02. The van der Waals surface area contributed by atoms with Crippen LogP contribution < -0.4 is 4.74 Å². The maximum Gasteiger partial charge on any atom is 0.339 e. The van der Waals surface area contributed by atoms with Gasteiger partial charge in [-0.3, -0.25) is 0 Å². The fourth-order valence-electron chi connectivity index (χ4n) is 4.45. The average Bonchev–Trinajstić information content (AvgIpc) is 2.99. The largest absolute Gasteiger partial charge is 0.478 e. The molecule has 0 aliphatic heterocycles. The van der Waals surface area contributed by atoms with E-state index in [0.29, 0.717) is 6.61 Å². The highest BCUT2D eigenvalue weighted by Crippen LogP contribution is 2.20. The molecule has 0 saturated heterocycles. The van der Waals surface area contributed by atoms with Crippen LogP contribution in [0.5, 0.6) is 11.5 Å². The Morgan fingerprint density at radius 3 is 1.66 bits per heavy atom. The minimum absolute atomic E-state index is 0.0274. The van der Waals surface area contributed by atoms with Gasteiger partial charge in [-0.1, -0.05) is 121 Å². The Morgan fingerprint density at radius 2 is 1.12 bits per heavy atom. The fourth-order valence-corrected chi connectivity index (χ4v) is 4.45. The van der Waals surface area contributed by atoms with E-state index in [0.717, 1.165) is 49.2 Å². The molecule has 0 atom stereocenters. The summed E-state index contributed by atoms with van der Waals surface area (Å²) in [5, 5.41) is 9.39. The van der Waals surface area contributed by atoms with Crippen molar-refractivity contribution in [1.82, 2.24) is 0 Å². The van der Waals surface area contributed by atoms with Gasteiger partial charge >= 0.3 is 11.9 Å². The van der Waals surface area contributed by atoms with Gasteiger partial charge in [0.05, 0.1) is 17.7 Å². The fraction of sp³-hybridized carbons (Fsp3) is 0.444. The molecule has 41 heavy (non-hydrogen) atoms. The highest BCUT2D eigenvalue weighted by Gasteiger charge is 2.18. The first-order valence-corrected chi connectivity index (χ1v) is 15.4. The lowest BCUT2D eigenvalue weighted by molar-refractivity contribution is 0.0487. The lowest BCUT2D eigenvalue weighted by Gasteiger charge is -2.10. The van der Waals surface area contributed by atoms with Crippen molar-refractivity contribution < 1.29 is 24.2 Å². The molecule has 0 aromatic heterocycles. The van der Waals surface area contributed by atoms with Gasteiger partial charge in [-0.25, -0.2) is 9.59 Å². The van der Waals surface area contributed by atoms with Crippen LogP contribution in [-0.4, -0.2) is 23.7 Å². The minimum Gasteiger partial charge on any atom is -0.478 e. The van der Waals surface area contributed by atoms with Gasteiger partial charge in [0.15, 0.2) is 0 Å². The monoisotopic (exact) mass is 560 g/mol. The third-order valence-corrected chi connectivity index (χ3v) is 6.81. The zero-order chi connectivity index (χ0) is 29.5. The first-order valence-electron chi connectivity index (χ1n) is 15.4. The number of aryl methyl sites for hydroxylation is 1. The van der Waals surface area contributed by atoms with E-state index in [1.54, 1.807) is 6.07 Å². The highest BCUT2D eigenvalue weighted by atomic mass is 16.5. The first-order chi connectivity index (χ1) is 20.0. The van der Waals surface area contributed by atoms with Crippen molar-refractivity contribution in [1.29, 1.82) is 0 Å². The van der Waals surface area contributed by atoms with E-state index in [-0.39, 0.29) is 11.1 Å². The van der Waals surface area contributed by atoms with E-state index in [1.807, 2.05) is 66.7 Å². The molecule has 0 aliphatic carbocycles. The maximum absolute atomic E-state index is 12.4. The van der Waals surface area contributed by atoms with Crippen LogP contribution in [0.3, 0.4) is 0 Å². The summed E-state index contributed by atoms with van der Waals surface area (Å²) in [4.78, 5) is 23.9. The predicted octanol–water partition coefficient (Wildman–Crippen LogP) is 10.3. The number of rotatable bonds is 18. The SMILES string of the molecule is CCCCCCCCOC(=O)c1cc(CCCCCCCC)ccc1C(=O)O.c1ccc(Oc2ccccc2)cc1. The number of benzene rings is 3. The van der Waals surface area contributed by atoms with E-state index in [4.69, 9.17) is 9.47 Å². The number of hydrogen-bond acceptors (Lipinski definition) is 4. The molecule has 0 radical (unpaired) electrons. The number of aromatic carboxylic acids is 1. The van der Waals surface area contributed by atoms with E-state index >= 15 is 0 Å². The summed E-state index contributed by atoms with van der Waals surface area (Å²) in [7, 11) is 0. The van der Waals surface area contributed by atoms with Crippen molar-refractivity contribution in [2.24, 2.45) is 0 Å². The van der Waals surface area contributed by atoms with Crippen LogP contribution in [-0.2, 0) is 11.2 Å². The number of carboxylic acids is 1. The lowest BCUT2D eigenvalue weighted by atomic mass is 9.99. The molecule has 0 amide bonds. The number of ether oxygens (including phenoxy) is 2. The molecule has 0 heterocycles. The van der Waals surface area contributed by atoms with Gasteiger partial charge in [-0.05, 0) is 61.2 Å². The zero-order valence-corrected chi connectivity index (χ0v) is 25.0. The summed E-state index contributed by atoms with van der Waals surface area (Å²) < 4.78 is 10.9. The summed E-state index contributed by atoms with van der Waals surface area (Å²) in [6.45, 7) is 4.74. The Kier molecular flexibility index (Phi) is 17.4. The van der Waals surface area contributed by atoms with Crippen molar-refractivity contribution in [2.75, 3.05) is 6.61 Å². The van der Waals surface area contributed by atoms with Gasteiger partial charge in [0.25, 0.3) is 0 Å². The number of esters is 1. The van der Waals surface area contributed by atoms with Crippen molar-refractivity contribution in [3.05, 3.63) is 95.6 Å². The Labute approximate surface area is 246 Å². The number of hydrogen-bond donors (Lipinski definition) is 1. The van der Waals surface area contributed by atoms with Gasteiger partial charge in [-0.15, -0.1) is 0 Å². The van der Waals surface area contributed by atoms with Crippen molar-refractivity contribution in [2.45, 2.75) is 97.3 Å². The second kappa shape index (κ2) is 21.2. The van der Waals surface area contributed by atoms with Crippen LogP contribution in [0.4, 0.5) is 0 Å². The van der Waals surface area contributed by atoms with Gasteiger partial charge in [0.1, 0.15) is 11.5 Å². The molecule has 0 fully saturated rings. The van der Waals surface area contributed by atoms with Crippen molar-refractivity contribution >= 4 is 11.9 Å². The van der Waals surface area contributed by atoms with Crippen molar-refractivity contribution in [3.8, 4) is 11.5 Å². The van der Waals surface area contributed by atoms with Gasteiger partial charge in [0, 0.05) is 0 Å². The number of para-hydroxylation sites is 2. The minimum atomic E-state index is -1.09. The quantitative estimate of drug-likeness (QED) is 0.124. The molecule has 3 aromatic carbocycles. The van der Waals surface area contributed by atoms with Crippen LogP contribution in [0.1, 0.15) is 117 Å². The molecule has 3 aromatic rings. The number of carbonyl (C=O) groups excluding carboxylic acids is 1. The Balaban J connectivity index is 0.000000372. The number of carboxylic acid groups (broad SMARTS) is 1. The Bertz CT molecular complexity index is 1070. The molecule has 3 rings (SSSR count). The van der Waals surface area contributed by atoms with Crippen LogP contribution >= 0.6 is 0 Å². The Hall–Kier alpha value is -3.60. The molecule has 5 heteroatoms. The topological polar surface area (TPSA) is 72.8 Å². The molecular formula is C36H48O5. The summed E-state index contributed by atoms with van der Waals surface area (Å²) in [5.41, 5.74) is 1.22.